The smallest absolute Gasteiger partial charge is 0.305 e. The van der Waals surface area contributed by atoms with Crippen LogP contribution in [0.3, 0.4) is 0 Å². The van der Waals surface area contributed by atoms with Crippen molar-refractivity contribution in [2.75, 3.05) is 32.6 Å². The van der Waals surface area contributed by atoms with E-state index in [0.29, 0.717) is 59.3 Å². The molecule has 0 saturated carbocycles. The van der Waals surface area contributed by atoms with Gasteiger partial charge < -0.3 is 19.9 Å². The number of thiocarbonyl (C=S) groups is 1. The highest BCUT2D eigenvalue weighted by atomic mass is 32.2. The number of carboxylic acids is 1. The predicted molar refractivity (Wildman–Crippen MR) is 154 cm³/mol. The van der Waals surface area contributed by atoms with Gasteiger partial charge in [0, 0.05) is 25.2 Å². The van der Waals surface area contributed by atoms with Gasteiger partial charge in [-0.25, -0.2) is 0 Å². The number of rotatable bonds is 12. The molecule has 2 N–H and O–H groups in total. The molecule has 0 radical (unpaired) electrons. The van der Waals surface area contributed by atoms with Gasteiger partial charge in [0.25, 0.3) is 11.5 Å². The third-order valence-electron chi connectivity index (χ3n) is 6.17. The van der Waals surface area contributed by atoms with Crippen LogP contribution in [0.1, 0.15) is 42.0 Å². The lowest BCUT2D eigenvalue weighted by Gasteiger charge is -2.20. The molecule has 12 heteroatoms. The molecule has 1 aliphatic heterocycles. The SMILES string of the molecule is CCCn1c(NCCc2ccc(OC)c(OC)c2)c(/C=C2/SC(=S)N(CCC(=O)O)C2=O)c(C)c(C#N)c1=O. The van der Waals surface area contributed by atoms with Crippen molar-refractivity contribution in [3.05, 3.63) is 55.7 Å². The number of hydrogen-bond acceptors (Lipinski definition) is 9. The molecule has 0 spiro atoms. The Morgan fingerprint density at radius 1 is 1.23 bits per heavy atom. The third-order valence-corrected chi connectivity index (χ3v) is 7.55. The molecule has 39 heavy (non-hydrogen) atoms. The highest BCUT2D eigenvalue weighted by Gasteiger charge is 2.33. The summed E-state index contributed by atoms with van der Waals surface area (Å²) in [6.45, 7) is 4.38. The van der Waals surface area contributed by atoms with Crippen molar-refractivity contribution >= 4 is 52.1 Å². The van der Waals surface area contributed by atoms with Crippen LogP contribution in [0.25, 0.3) is 6.08 Å². The van der Waals surface area contributed by atoms with Gasteiger partial charge in [0.05, 0.1) is 25.5 Å². The van der Waals surface area contributed by atoms with Gasteiger partial charge >= 0.3 is 5.97 Å². The highest BCUT2D eigenvalue weighted by Crippen LogP contribution is 2.35. The zero-order chi connectivity index (χ0) is 28.7. The number of carbonyl (C=O) groups excluding carboxylic acids is 1. The van der Waals surface area contributed by atoms with Crippen molar-refractivity contribution < 1.29 is 24.2 Å². The van der Waals surface area contributed by atoms with E-state index in [2.05, 4.69) is 5.32 Å². The van der Waals surface area contributed by atoms with Gasteiger partial charge in [0.1, 0.15) is 21.8 Å². The van der Waals surface area contributed by atoms with Crippen molar-refractivity contribution in [2.45, 2.75) is 39.7 Å². The predicted octanol–water partition coefficient (Wildman–Crippen LogP) is 3.79. The standard InChI is InChI=1S/C27H30N4O6S2/c1-5-11-30-24(29-10-8-17-6-7-20(36-3)21(13-17)37-4)18(16(2)19(15-28)25(30)34)14-22-26(35)31(27(38)39-22)12-9-23(32)33/h6-7,13-14,29H,5,8-12H2,1-4H3,(H,32,33)/b22-14+. The van der Waals surface area contributed by atoms with Crippen LogP contribution in [-0.2, 0) is 22.6 Å². The van der Waals surface area contributed by atoms with Crippen LogP contribution in [0.2, 0.25) is 0 Å². The zero-order valence-electron chi connectivity index (χ0n) is 22.2. The highest BCUT2D eigenvalue weighted by molar-refractivity contribution is 8.26. The minimum absolute atomic E-state index is 0.00139. The topological polar surface area (TPSA) is 134 Å². The number of thioether (sulfide) groups is 1. The molecule has 1 saturated heterocycles. The van der Waals surface area contributed by atoms with Crippen LogP contribution in [0.4, 0.5) is 5.82 Å². The molecule has 0 bridgehead atoms. The number of methoxy groups -OCH3 is 2. The van der Waals surface area contributed by atoms with Gasteiger partial charge in [0.2, 0.25) is 0 Å². The summed E-state index contributed by atoms with van der Waals surface area (Å²) in [5, 5.41) is 22.1. The van der Waals surface area contributed by atoms with Crippen LogP contribution >= 0.6 is 24.0 Å². The Bertz CT molecular complexity index is 1430. The maximum absolute atomic E-state index is 13.2. The number of pyridine rings is 1. The Morgan fingerprint density at radius 2 is 1.95 bits per heavy atom. The van der Waals surface area contributed by atoms with Gasteiger partial charge in [-0.1, -0.05) is 37.0 Å². The fourth-order valence-corrected chi connectivity index (χ4v) is 5.47. The Morgan fingerprint density at radius 3 is 2.56 bits per heavy atom. The van der Waals surface area contributed by atoms with Crippen molar-refractivity contribution in [3.8, 4) is 17.6 Å². The molecule has 0 atom stereocenters. The molecule has 1 aliphatic rings. The van der Waals surface area contributed by atoms with E-state index in [1.807, 2.05) is 31.2 Å². The molecule has 1 aromatic heterocycles. The fourth-order valence-electron chi connectivity index (χ4n) is 4.18. The molecule has 206 valence electrons. The lowest BCUT2D eigenvalue weighted by molar-refractivity contribution is -0.137. The Balaban J connectivity index is 2.02. The first-order valence-corrected chi connectivity index (χ1v) is 13.5. The molecule has 0 unspecified atom stereocenters. The number of nitriles is 1. The quantitative estimate of drug-likeness (QED) is 0.287. The lowest BCUT2D eigenvalue weighted by Crippen LogP contribution is -2.30. The van der Waals surface area contributed by atoms with E-state index in [9.17, 15) is 19.6 Å². The number of carboxylic acid groups (broad SMARTS) is 1. The summed E-state index contributed by atoms with van der Waals surface area (Å²) < 4.78 is 12.5. The number of carbonyl (C=O) groups is 2. The summed E-state index contributed by atoms with van der Waals surface area (Å²) in [5.41, 5.74) is 1.55. The second-order valence-corrected chi connectivity index (χ2v) is 10.3. The van der Waals surface area contributed by atoms with Crippen LogP contribution in [0.15, 0.2) is 27.9 Å². The Kier molecular flexibility index (Phi) is 10.1. The number of aliphatic carboxylic acids is 1. The molecular weight excluding hydrogens is 540 g/mol. The average molecular weight is 571 g/mol. The van der Waals surface area contributed by atoms with Crippen molar-refractivity contribution in [3.63, 3.8) is 0 Å². The molecule has 2 heterocycles. The average Bonchev–Trinajstić information content (AvgIpc) is 3.18. The normalized spacial score (nSPS) is 14.0. The summed E-state index contributed by atoms with van der Waals surface area (Å²) >= 11 is 6.38. The first-order chi connectivity index (χ1) is 18.7. The molecule has 1 aromatic carbocycles. The maximum Gasteiger partial charge on any atom is 0.305 e. The minimum atomic E-state index is -1.03. The molecule has 3 rings (SSSR count). The van der Waals surface area contributed by atoms with Crippen LogP contribution in [0.5, 0.6) is 11.5 Å². The summed E-state index contributed by atoms with van der Waals surface area (Å²) in [7, 11) is 3.14. The minimum Gasteiger partial charge on any atom is -0.493 e. The number of nitrogens with zero attached hydrogens (tertiary/aromatic N) is 3. The van der Waals surface area contributed by atoms with E-state index >= 15 is 0 Å². The van der Waals surface area contributed by atoms with E-state index in [-0.39, 0.29) is 22.8 Å². The number of anilines is 1. The first kappa shape index (κ1) is 29.7. The van der Waals surface area contributed by atoms with Gasteiger partial charge in [-0.2, -0.15) is 5.26 Å². The summed E-state index contributed by atoms with van der Waals surface area (Å²) in [6.07, 6.45) is 2.63. The van der Waals surface area contributed by atoms with Crippen LogP contribution < -0.4 is 20.3 Å². The van der Waals surface area contributed by atoms with Crippen molar-refractivity contribution in [1.29, 1.82) is 5.26 Å². The Hall–Kier alpha value is -3.82. The summed E-state index contributed by atoms with van der Waals surface area (Å²) in [6, 6.07) is 7.64. The summed E-state index contributed by atoms with van der Waals surface area (Å²) in [5.74, 6) is 0.285. The third kappa shape index (κ3) is 6.61. The van der Waals surface area contributed by atoms with Gasteiger partial charge in [-0.05, 0) is 49.1 Å². The van der Waals surface area contributed by atoms with Crippen molar-refractivity contribution in [1.82, 2.24) is 9.47 Å². The zero-order valence-corrected chi connectivity index (χ0v) is 23.8. The molecule has 2 aromatic rings. The van der Waals surface area contributed by atoms with Crippen molar-refractivity contribution in [2.24, 2.45) is 0 Å². The molecule has 0 aliphatic carbocycles. The first-order valence-electron chi connectivity index (χ1n) is 12.3. The van der Waals surface area contributed by atoms with Crippen LogP contribution in [-0.4, -0.2) is 58.1 Å². The van der Waals surface area contributed by atoms with E-state index in [0.717, 1.165) is 17.3 Å². The number of hydrogen-bond donors (Lipinski definition) is 2. The fraction of sp³-hybridized carbons (Fsp3) is 0.370. The lowest BCUT2D eigenvalue weighted by atomic mass is 10.0. The monoisotopic (exact) mass is 570 g/mol. The Labute approximate surface area is 236 Å². The number of amides is 1. The second kappa shape index (κ2) is 13.3. The second-order valence-electron chi connectivity index (χ2n) is 8.67. The van der Waals surface area contributed by atoms with E-state index in [4.69, 9.17) is 26.8 Å². The number of ether oxygens (including phenoxy) is 2. The summed E-state index contributed by atoms with van der Waals surface area (Å²) in [4.78, 5) is 38.9. The van der Waals surface area contributed by atoms with Crippen LogP contribution in [0, 0.1) is 18.3 Å². The molecule has 1 fully saturated rings. The van der Waals surface area contributed by atoms with Gasteiger partial charge in [-0.3, -0.25) is 23.9 Å². The molecule has 1 amide bonds. The molecule has 10 nitrogen and oxygen atoms in total. The van der Waals surface area contributed by atoms with E-state index in [1.54, 1.807) is 27.2 Å². The van der Waals surface area contributed by atoms with E-state index in [1.165, 1.54) is 9.47 Å². The van der Waals surface area contributed by atoms with Gasteiger partial charge in [0.15, 0.2) is 11.5 Å². The number of benzene rings is 1. The van der Waals surface area contributed by atoms with Gasteiger partial charge in [-0.15, -0.1) is 0 Å². The maximum atomic E-state index is 13.2. The number of aromatic nitrogens is 1. The van der Waals surface area contributed by atoms with E-state index < -0.39 is 17.4 Å². The number of nitrogens with one attached hydrogen (secondary N) is 1. The molecular formula is C27H30N4O6S2. The largest absolute Gasteiger partial charge is 0.493 e.